The summed E-state index contributed by atoms with van der Waals surface area (Å²) in [5, 5.41) is 11.9. The predicted molar refractivity (Wildman–Crippen MR) is 134 cm³/mol. The highest BCUT2D eigenvalue weighted by atomic mass is 32.2. The number of hydrogen-bond donors (Lipinski definition) is 2. The van der Waals surface area contributed by atoms with Crippen LogP contribution in [0.15, 0.2) is 84.0 Å². The van der Waals surface area contributed by atoms with Crippen LogP contribution in [0.3, 0.4) is 0 Å². The molecule has 34 heavy (non-hydrogen) atoms. The van der Waals surface area contributed by atoms with Gasteiger partial charge in [0.1, 0.15) is 17.6 Å². The Labute approximate surface area is 202 Å². The van der Waals surface area contributed by atoms with Gasteiger partial charge in [-0.15, -0.1) is 10.2 Å². The summed E-state index contributed by atoms with van der Waals surface area (Å²) >= 11 is 1.40. The number of fused-ring (bicyclic) bond motifs is 1. The summed E-state index contributed by atoms with van der Waals surface area (Å²) in [5.74, 6) is 1.31. The van der Waals surface area contributed by atoms with E-state index in [9.17, 15) is 4.79 Å². The lowest BCUT2D eigenvalue weighted by molar-refractivity contribution is -0.116. The molecule has 0 unspecified atom stereocenters. The van der Waals surface area contributed by atoms with E-state index in [1.54, 1.807) is 0 Å². The van der Waals surface area contributed by atoms with Crippen molar-refractivity contribution < 1.29 is 9.53 Å². The average Bonchev–Trinajstić information content (AvgIpc) is 3.27. The quantitative estimate of drug-likeness (QED) is 0.418. The Morgan fingerprint density at radius 1 is 1.03 bits per heavy atom. The maximum absolute atomic E-state index is 13.5. The van der Waals surface area contributed by atoms with Gasteiger partial charge in [-0.3, -0.25) is 4.79 Å². The number of ether oxygens (including phenoxy) is 1. The summed E-state index contributed by atoms with van der Waals surface area (Å²) in [4.78, 5) is 13.5. The standard InChI is InChI=1S/C26H25N5O2S/c1-17-13-14-18(2)21(15-17)27-25(32)24-23(19-9-5-3-6-10-19)30-31-22(28-29-26(31)34-24)16-33-20-11-7-4-8-12-20/h3-15,23-24,30H,16H2,1-2H3,(H,27,32)/t23-,24+/m0/s1. The maximum atomic E-state index is 13.5. The Morgan fingerprint density at radius 3 is 2.53 bits per heavy atom. The Balaban J connectivity index is 1.42. The first-order valence-electron chi connectivity index (χ1n) is 11.1. The van der Waals surface area contributed by atoms with Gasteiger partial charge in [0.05, 0.1) is 6.04 Å². The molecule has 1 aliphatic rings. The van der Waals surface area contributed by atoms with Crippen LogP contribution in [0.2, 0.25) is 0 Å². The summed E-state index contributed by atoms with van der Waals surface area (Å²) < 4.78 is 7.71. The van der Waals surface area contributed by atoms with E-state index in [1.165, 1.54) is 11.8 Å². The van der Waals surface area contributed by atoms with Crippen molar-refractivity contribution in [3.63, 3.8) is 0 Å². The number of aryl methyl sites for hydroxylation is 2. The van der Waals surface area contributed by atoms with E-state index >= 15 is 0 Å². The number of amides is 1. The number of para-hydroxylation sites is 1. The van der Waals surface area contributed by atoms with Gasteiger partial charge in [0, 0.05) is 5.69 Å². The molecule has 0 saturated carbocycles. The van der Waals surface area contributed by atoms with Crippen LogP contribution in [-0.4, -0.2) is 26.0 Å². The minimum atomic E-state index is -0.443. The van der Waals surface area contributed by atoms with Gasteiger partial charge in [-0.2, -0.15) is 0 Å². The van der Waals surface area contributed by atoms with Gasteiger partial charge >= 0.3 is 0 Å². The lowest BCUT2D eigenvalue weighted by atomic mass is 10.0. The van der Waals surface area contributed by atoms with Crippen LogP contribution in [0.25, 0.3) is 0 Å². The lowest BCUT2D eigenvalue weighted by Crippen LogP contribution is -2.41. The van der Waals surface area contributed by atoms with E-state index in [2.05, 4.69) is 20.9 Å². The number of thioether (sulfide) groups is 1. The van der Waals surface area contributed by atoms with Crippen molar-refractivity contribution in [1.29, 1.82) is 0 Å². The number of carbonyl (C=O) groups is 1. The minimum Gasteiger partial charge on any atom is -0.486 e. The largest absolute Gasteiger partial charge is 0.486 e. The highest BCUT2D eigenvalue weighted by molar-refractivity contribution is 8.00. The fourth-order valence-corrected chi connectivity index (χ4v) is 4.94. The van der Waals surface area contributed by atoms with Crippen molar-refractivity contribution in [2.75, 3.05) is 10.7 Å². The normalized spacial score (nSPS) is 16.9. The van der Waals surface area contributed by atoms with Crippen molar-refractivity contribution in [2.45, 2.75) is 36.9 Å². The van der Waals surface area contributed by atoms with Gasteiger partial charge in [-0.1, -0.05) is 72.4 Å². The molecule has 0 radical (unpaired) electrons. The third-order valence-corrected chi connectivity index (χ3v) is 6.90. The zero-order valence-corrected chi connectivity index (χ0v) is 19.8. The first-order chi connectivity index (χ1) is 16.6. The highest BCUT2D eigenvalue weighted by Gasteiger charge is 2.38. The molecule has 5 rings (SSSR count). The number of aromatic nitrogens is 3. The molecule has 0 spiro atoms. The van der Waals surface area contributed by atoms with Gasteiger partial charge in [0.15, 0.2) is 5.82 Å². The molecule has 0 saturated heterocycles. The van der Waals surface area contributed by atoms with Crippen molar-refractivity contribution in [3.05, 3.63) is 101 Å². The Kier molecular flexibility index (Phi) is 6.22. The first-order valence-corrected chi connectivity index (χ1v) is 11.9. The molecule has 1 amide bonds. The van der Waals surface area contributed by atoms with Crippen LogP contribution in [0, 0.1) is 13.8 Å². The van der Waals surface area contributed by atoms with Crippen LogP contribution < -0.4 is 15.5 Å². The number of rotatable bonds is 6. The van der Waals surface area contributed by atoms with Gasteiger partial charge in [-0.25, -0.2) is 4.68 Å². The second-order valence-electron chi connectivity index (χ2n) is 8.20. The summed E-state index contributed by atoms with van der Waals surface area (Å²) in [6, 6.07) is 25.3. The lowest BCUT2D eigenvalue weighted by Gasteiger charge is -2.33. The molecule has 1 aromatic heterocycles. The number of nitrogens with one attached hydrogen (secondary N) is 2. The third-order valence-electron chi connectivity index (χ3n) is 5.68. The second kappa shape index (κ2) is 9.61. The number of hydrogen-bond acceptors (Lipinski definition) is 6. The van der Waals surface area contributed by atoms with E-state index in [0.29, 0.717) is 11.0 Å². The molecule has 2 atom stereocenters. The predicted octanol–water partition coefficient (Wildman–Crippen LogP) is 4.87. The maximum Gasteiger partial charge on any atom is 0.240 e. The van der Waals surface area contributed by atoms with Gasteiger partial charge < -0.3 is 15.5 Å². The third kappa shape index (κ3) is 4.63. The summed E-state index contributed by atoms with van der Waals surface area (Å²) in [6.07, 6.45) is 0. The van der Waals surface area contributed by atoms with Crippen molar-refractivity contribution in [1.82, 2.24) is 14.9 Å². The molecule has 0 fully saturated rings. The monoisotopic (exact) mass is 471 g/mol. The van der Waals surface area contributed by atoms with Crippen molar-refractivity contribution in [3.8, 4) is 5.75 Å². The summed E-state index contributed by atoms with van der Waals surface area (Å²) in [6.45, 7) is 4.26. The molecule has 4 aromatic rings. The number of nitrogens with zero attached hydrogens (tertiary/aromatic N) is 3. The molecule has 2 heterocycles. The SMILES string of the molecule is Cc1ccc(C)c(NC(=O)[C@@H]2Sc3nnc(COc4ccccc4)n3N[C@H]2c2ccccc2)c1. The molecule has 0 bridgehead atoms. The molecule has 3 aromatic carbocycles. The summed E-state index contributed by atoms with van der Waals surface area (Å²) in [7, 11) is 0. The second-order valence-corrected chi connectivity index (χ2v) is 9.31. The topological polar surface area (TPSA) is 81.1 Å². The molecule has 0 aliphatic carbocycles. The molecular formula is C26H25N5O2S. The van der Waals surface area contributed by atoms with Crippen LogP contribution in [0.5, 0.6) is 5.75 Å². The number of carbonyl (C=O) groups excluding carboxylic acids is 1. The number of anilines is 1. The van der Waals surface area contributed by atoms with E-state index < -0.39 is 5.25 Å². The zero-order valence-electron chi connectivity index (χ0n) is 18.9. The van der Waals surface area contributed by atoms with Crippen LogP contribution in [-0.2, 0) is 11.4 Å². The molecule has 2 N–H and O–H groups in total. The van der Waals surface area contributed by atoms with Gasteiger partial charge in [0.25, 0.3) is 0 Å². The molecule has 8 heteroatoms. The summed E-state index contributed by atoms with van der Waals surface area (Å²) in [5.41, 5.74) is 7.41. The fourth-order valence-electron chi connectivity index (χ4n) is 3.84. The average molecular weight is 472 g/mol. The molecule has 172 valence electrons. The number of benzene rings is 3. The van der Waals surface area contributed by atoms with E-state index in [0.717, 1.165) is 28.1 Å². The minimum absolute atomic E-state index is 0.0867. The van der Waals surface area contributed by atoms with Crippen molar-refractivity contribution in [2.24, 2.45) is 0 Å². The van der Waals surface area contributed by atoms with Crippen LogP contribution in [0.4, 0.5) is 5.69 Å². The molecule has 1 aliphatic heterocycles. The fraction of sp³-hybridized carbons (Fsp3) is 0.192. The van der Waals surface area contributed by atoms with E-state index in [1.807, 2.05) is 97.4 Å². The zero-order chi connectivity index (χ0) is 23.5. The van der Waals surface area contributed by atoms with Gasteiger partial charge in [0.2, 0.25) is 11.1 Å². The van der Waals surface area contributed by atoms with E-state index in [4.69, 9.17) is 4.74 Å². The van der Waals surface area contributed by atoms with E-state index in [-0.39, 0.29) is 18.6 Å². The highest BCUT2D eigenvalue weighted by Crippen LogP contribution is 2.37. The Morgan fingerprint density at radius 2 is 1.76 bits per heavy atom. The first kappa shape index (κ1) is 22.0. The van der Waals surface area contributed by atoms with Crippen LogP contribution in [0.1, 0.15) is 28.6 Å². The molecule has 7 nitrogen and oxygen atoms in total. The van der Waals surface area contributed by atoms with Crippen molar-refractivity contribution >= 4 is 23.4 Å². The Bertz CT molecular complexity index is 1290. The van der Waals surface area contributed by atoms with Crippen LogP contribution >= 0.6 is 11.8 Å². The molecular weight excluding hydrogens is 446 g/mol. The smallest absolute Gasteiger partial charge is 0.240 e. The van der Waals surface area contributed by atoms with Gasteiger partial charge in [-0.05, 0) is 48.7 Å². The Hall–Kier alpha value is -3.78.